The minimum absolute atomic E-state index is 0.134. The van der Waals surface area contributed by atoms with Gasteiger partial charge in [0.05, 0.1) is 17.7 Å². The zero-order valence-electron chi connectivity index (χ0n) is 15.6. The minimum atomic E-state index is -0.580. The molecule has 0 unspecified atom stereocenters. The summed E-state index contributed by atoms with van der Waals surface area (Å²) in [5.74, 6) is -0.362. The fourth-order valence-corrected chi connectivity index (χ4v) is 2.94. The van der Waals surface area contributed by atoms with Crippen LogP contribution in [0.2, 0.25) is 10.0 Å². The number of nitrogens with zero attached hydrogens (tertiary/aromatic N) is 1. The predicted molar refractivity (Wildman–Crippen MR) is 114 cm³/mol. The SMILES string of the molecule is COC(=O)c1ccc(-c2ccc(/C=C(/C#N)C(=O)Nc3ccc(Cl)cc3)o2)cc1Cl. The van der Waals surface area contributed by atoms with Gasteiger partial charge in [-0.05, 0) is 48.5 Å². The van der Waals surface area contributed by atoms with E-state index >= 15 is 0 Å². The third-order valence-electron chi connectivity index (χ3n) is 4.04. The van der Waals surface area contributed by atoms with E-state index in [1.54, 1.807) is 48.5 Å². The number of furan rings is 1. The van der Waals surface area contributed by atoms with Gasteiger partial charge in [-0.15, -0.1) is 0 Å². The molecule has 3 aromatic rings. The lowest BCUT2D eigenvalue weighted by Crippen LogP contribution is -2.13. The Morgan fingerprint density at radius 1 is 1.10 bits per heavy atom. The molecule has 0 radical (unpaired) electrons. The highest BCUT2D eigenvalue weighted by Gasteiger charge is 2.14. The van der Waals surface area contributed by atoms with Gasteiger partial charge in [0.1, 0.15) is 23.2 Å². The number of esters is 1. The van der Waals surface area contributed by atoms with Crippen LogP contribution in [0, 0.1) is 11.3 Å². The van der Waals surface area contributed by atoms with Crippen LogP contribution in [0.3, 0.4) is 0 Å². The van der Waals surface area contributed by atoms with Crippen LogP contribution in [0.15, 0.2) is 64.6 Å². The maximum Gasteiger partial charge on any atom is 0.339 e. The fraction of sp³-hybridized carbons (Fsp3) is 0.0455. The largest absolute Gasteiger partial charge is 0.465 e. The van der Waals surface area contributed by atoms with Crippen LogP contribution in [-0.2, 0) is 9.53 Å². The number of anilines is 1. The molecule has 1 N–H and O–H groups in total. The molecule has 0 aliphatic carbocycles. The lowest BCUT2D eigenvalue weighted by Gasteiger charge is -2.04. The minimum Gasteiger partial charge on any atom is -0.465 e. The molecule has 0 bridgehead atoms. The Hall–Kier alpha value is -3.53. The maximum atomic E-state index is 12.3. The zero-order valence-corrected chi connectivity index (χ0v) is 17.1. The molecule has 1 amide bonds. The van der Waals surface area contributed by atoms with Gasteiger partial charge in [-0.1, -0.05) is 29.3 Å². The van der Waals surface area contributed by atoms with E-state index in [1.807, 2.05) is 6.07 Å². The normalized spacial score (nSPS) is 10.9. The summed E-state index contributed by atoms with van der Waals surface area (Å²) < 4.78 is 10.4. The van der Waals surface area contributed by atoms with E-state index in [4.69, 9.17) is 27.6 Å². The highest BCUT2D eigenvalue weighted by molar-refractivity contribution is 6.33. The van der Waals surface area contributed by atoms with Crippen molar-refractivity contribution >= 4 is 46.8 Å². The van der Waals surface area contributed by atoms with Crippen LogP contribution in [0.25, 0.3) is 17.4 Å². The molecule has 0 fully saturated rings. The number of nitrogens with one attached hydrogen (secondary N) is 1. The van der Waals surface area contributed by atoms with Crippen molar-refractivity contribution in [1.29, 1.82) is 5.26 Å². The predicted octanol–water partition coefficient (Wildman–Crippen LogP) is 5.59. The van der Waals surface area contributed by atoms with Crippen LogP contribution in [0.4, 0.5) is 5.69 Å². The number of nitriles is 1. The van der Waals surface area contributed by atoms with Gasteiger partial charge in [0.15, 0.2) is 0 Å². The van der Waals surface area contributed by atoms with Gasteiger partial charge in [-0.2, -0.15) is 5.26 Å². The molecule has 0 atom stereocenters. The fourth-order valence-electron chi connectivity index (χ4n) is 2.55. The van der Waals surface area contributed by atoms with Gasteiger partial charge in [-0.25, -0.2) is 4.79 Å². The second-order valence-electron chi connectivity index (χ2n) is 6.02. The average molecular weight is 441 g/mol. The van der Waals surface area contributed by atoms with E-state index in [0.717, 1.165) is 0 Å². The van der Waals surface area contributed by atoms with Crippen molar-refractivity contribution in [2.24, 2.45) is 0 Å². The first-order valence-corrected chi connectivity index (χ1v) is 9.33. The van der Waals surface area contributed by atoms with Gasteiger partial charge in [-0.3, -0.25) is 4.79 Å². The molecular weight excluding hydrogens is 427 g/mol. The van der Waals surface area contributed by atoms with Crippen molar-refractivity contribution in [3.8, 4) is 17.4 Å². The van der Waals surface area contributed by atoms with Crippen molar-refractivity contribution < 1.29 is 18.7 Å². The Morgan fingerprint density at radius 3 is 2.47 bits per heavy atom. The Morgan fingerprint density at radius 2 is 1.83 bits per heavy atom. The van der Waals surface area contributed by atoms with E-state index in [2.05, 4.69) is 10.1 Å². The van der Waals surface area contributed by atoms with Crippen molar-refractivity contribution in [1.82, 2.24) is 0 Å². The number of benzene rings is 2. The number of rotatable bonds is 5. The molecule has 0 aliphatic rings. The third-order valence-corrected chi connectivity index (χ3v) is 4.60. The Bertz CT molecular complexity index is 1170. The first kappa shape index (κ1) is 21.2. The number of halogens is 2. The van der Waals surface area contributed by atoms with Crippen LogP contribution >= 0.6 is 23.2 Å². The van der Waals surface area contributed by atoms with Gasteiger partial charge in [0.25, 0.3) is 5.91 Å². The van der Waals surface area contributed by atoms with Gasteiger partial charge >= 0.3 is 5.97 Å². The summed E-state index contributed by atoms with van der Waals surface area (Å²) in [5.41, 5.74) is 1.23. The number of carbonyl (C=O) groups is 2. The number of carbonyl (C=O) groups excluding carboxylic acids is 2. The van der Waals surface area contributed by atoms with Crippen LogP contribution < -0.4 is 5.32 Å². The van der Waals surface area contributed by atoms with Crippen molar-refractivity contribution in [2.45, 2.75) is 0 Å². The van der Waals surface area contributed by atoms with E-state index in [9.17, 15) is 14.9 Å². The topological polar surface area (TPSA) is 92.3 Å². The van der Waals surface area contributed by atoms with Crippen molar-refractivity contribution in [2.75, 3.05) is 12.4 Å². The molecule has 2 aromatic carbocycles. The van der Waals surface area contributed by atoms with Crippen LogP contribution in [0.1, 0.15) is 16.1 Å². The molecule has 1 heterocycles. The zero-order chi connectivity index (χ0) is 21.7. The molecule has 0 saturated heterocycles. The first-order valence-electron chi connectivity index (χ1n) is 8.58. The molecule has 0 spiro atoms. The van der Waals surface area contributed by atoms with E-state index in [1.165, 1.54) is 19.3 Å². The third kappa shape index (κ3) is 4.90. The van der Waals surface area contributed by atoms with Crippen molar-refractivity contribution in [3.63, 3.8) is 0 Å². The average Bonchev–Trinajstić information content (AvgIpc) is 3.21. The second kappa shape index (κ2) is 9.31. The number of methoxy groups -OCH3 is 1. The van der Waals surface area contributed by atoms with E-state index in [-0.39, 0.29) is 16.2 Å². The summed E-state index contributed by atoms with van der Waals surface area (Å²) in [6.45, 7) is 0. The number of ether oxygens (including phenoxy) is 1. The summed E-state index contributed by atoms with van der Waals surface area (Å²) in [6.07, 6.45) is 1.33. The van der Waals surface area contributed by atoms with Gasteiger partial charge < -0.3 is 14.5 Å². The second-order valence-corrected chi connectivity index (χ2v) is 6.86. The smallest absolute Gasteiger partial charge is 0.339 e. The standard InChI is InChI=1S/C22H14Cl2N2O4/c1-29-22(28)18-8-2-13(11-19(18)24)20-9-7-17(30-20)10-14(12-25)21(27)26-16-5-3-15(23)4-6-16/h2-11H,1H3,(H,26,27)/b14-10-. The Kier molecular flexibility index (Phi) is 6.58. The highest BCUT2D eigenvalue weighted by atomic mass is 35.5. The monoisotopic (exact) mass is 440 g/mol. The van der Waals surface area contributed by atoms with Crippen LogP contribution in [-0.4, -0.2) is 19.0 Å². The van der Waals surface area contributed by atoms with Crippen LogP contribution in [0.5, 0.6) is 0 Å². The molecule has 6 nitrogen and oxygen atoms in total. The Balaban J connectivity index is 1.80. The molecular formula is C22H14Cl2N2O4. The summed E-state index contributed by atoms with van der Waals surface area (Å²) in [7, 11) is 1.27. The Labute approximate surface area is 182 Å². The molecule has 3 rings (SSSR count). The quantitative estimate of drug-likeness (QED) is 0.317. The van der Waals surface area contributed by atoms with Crippen molar-refractivity contribution in [3.05, 3.63) is 81.5 Å². The number of hydrogen-bond acceptors (Lipinski definition) is 5. The van der Waals surface area contributed by atoms with Gasteiger partial charge in [0, 0.05) is 22.3 Å². The summed E-state index contributed by atoms with van der Waals surface area (Å²) >= 11 is 12.0. The molecule has 30 heavy (non-hydrogen) atoms. The molecule has 1 aromatic heterocycles. The molecule has 150 valence electrons. The lowest BCUT2D eigenvalue weighted by atomic mass is 10.1. The summed E-state index contributed by atoms with van der Waals surface area (Å²) in [4.78, 5) is 24.0. The molecule has 0 saturated carbocycles. The lowest BCUT2D eigenvalue weighted by molar-refractivity contribution is -0.112. The summed E-state index contributed by atoms with van der Waals surface area (Å²) in [5, 5.41) is 12.7. The van der Waals surface area contributed by atoms with E-state index in [0.29, 0.717) is 27.8 Å². The molecule has 8 heteroatoms. The molecule has 0 aliphatic heterocycles. The highest BCUT2D eigenvalue weighted by Crippen LogP contribution is 2.28. The number of hydrogen-bond donors (Lipinski definition) is 1. The maximum absolute atomic E-state index is 12.3. The van der Waals surface area contributed by atoms with Gasteiger partial charge in [0.2, 0.25) is 0 Å². The summed E-state index contributed by atoms with van der Waals surface area (Å²) in [6, 6.07) is 16.4. The van der Waals surface area contributed by atoms with E-state index < -0.39 is 11.9 Å². The number of amides is 1. The first-order chi connectivity index (χ1) is 14.4.